The van der Waals surface area contributed by atoms with Crippen LogP contribution in [-0.2, 0) is 21.7 Å². The predicted octanol–water partition coefficient (Wildman–Crippen LogP) is 1.88. The minimum absolute atomic E-state index is 0.0574. The highest BCUT2D eigenvalue weighted by Gasteiger charge is 2.41. The van der Waals surface area contributed by atoms with Crippen molar-refractivity contribution in [3.8, 4) is 5.82 Å². The molecule has 1 aromatic carbocycles. The summed E-state index contributed by atoms with van der Waals surface area (Å²) in [5.41, 5.74) is 2.85. The van der Waals surface area contributed by atoms with Crippen LogP contribution >= 0.6 is 0 Å². The molecule has 4 rings (SSSR count). The first kappa shape index (κ1) is 25.0. The number of nitrogens with one attached hydrogen (secondary N) is 1. The fourth-order valence-electron chi connectivity index (χ4n) is 3.46. The lowest BCUT2D eigenvalue weighted by Gasteiger charge is -2.34. The number of aromatic nitrogens is 4. The Labute approximate surface area is 201 Å². The van der Waals surface area contributed by atoms with E-state index in [1.54, 1.807) is 0 Å². The van der Waals surface area contributed by atoms with E-state index in [0.717, 1.165) is 39.7 Å². The van der Waals surface area contributed by atoms with Crippen molar-refractivity contribution in [2.75, 3.05) is 18.1 Å². The third-order valence-corrected chi connectivity index (χ3v) is 7.30. The molecule has 0 fully saturated rings. The number of hydrogen-bond donors (Lipinski definition) is 2. The second-order valence-corrected chi connectivity index (χ2v) is 10.0. The number of amides is 1. The summed E-state index contributed by atoms with van der Waals surface area (Å²) in [6.45, 7) is 1.40. The normalized spacial score (nSPS) is 19.6. The molecule has 3 aromatic rings. The van der Waals surface area contributed by atoms with Crippen molar-refractivity contribution in [1.29, 1.82) is 0 Å². The smallest absolute Gasteiger partial charge is 0.369 e. The molecule has 1 amide bonds. The third-order valence-electron chi connectivity index (χ3n) is 5.35. The van der Waals surface area contributed by atoms with Crippen LogP contribution in [0.25, 0.3) is 5.82 Å². The molecule has 0 aliphatic carbocycles. The van der Waals surface area contributed by atoms with E-state index in [1.165, 1.54) is 26.1 Å². The van der Waals surface area contributed by atoms with Crippen LogP contribution in [0, 0.1) is 5.82 Å². The van der Waals surface area contributed by atoms with E-state index >= 15 is 0 Å². The highest BCUT2D eigenvalue weighted by Crippen LogP contribution is 2.35. The van der Waals surface area contributed by atoms with Crippen molar-refractivity contribution in [1.82, 2.24) is 24.1 Å². The summed E-state index contributed by atoms with van der Waals surface area (Å²) in [6, 6.07) is 4.29. The van der Waals surface area contributed by atoms with Crippen LogP contribution < -0.4 is 11.1 Å². The van der Waals surface area contributed by atoms with Crippen LogP contribution in [0.1, 0.15) is 28.7 Å². The van der Waals surface area contributed by atoms with Crippen molar-refractivity contribution < 1.29 is 30.8 Å². The Balaban J connectivity index is 1.56. The van der Waals surface area contributed by atoms with Gasteiger partial charge in [-0.15, -0.1) is 0 Å². The maximum absolute atomic E-state index is 14.7. The lowest BCUT2D eigenvalue weighted by Crippen LogP contribution is -2.50. The number of sulfonamides is 1. The fraction of sp³-hybridized carbons (Fsp3) is 0.250. The van der Waals surface area contributed by atoms with Gasteiger partial charge in [-0.2, -0.15) is 18.3 Å². The largest absolute Gasteiger partial charge is 0.435 e. The number of nitrogens with zero attached hydrogens (tertiary/aromatic N) is 6. The highest BCUT2D eigenvalue weighted by atomic mass is 32.2. The first-order valence-electron chi connectivity index (χ1n) is 10.1. The number of carbonyl (C=O) groups excluding carboxylic acids is 1. The zero-order valence-electron chi connectivity index (χ0n) is 18.7. The van der Waals surface area contributed by atoms with Gasteiger partial charge in [-0.1, -0.05) is 0 Å². The summed E-state index contributed by atoms with van der Waals surface area (Å²) in [5.74, 6) is -2.44. The van der Waals surface area contributed by atoms with Crippen LogP contribution in [-0.4, -0.2) is 57.1 Å². The second-order valence-electron chi connectivity index (χ2n) is 8.02. The molecule has 0 saturated heterocycles. The predicted molar refractivity (Wildman–Crippen MR) is 119 cm³/mol. The van der Waals surface area contributed by atoms with E-state index in [4.69, 9.17) is 5.73 Å². The number of carbonyl (C=O) groups is 1. The summed E-state index contributed by atoms with van der Waals surface area (Å²) < 4.78 is 79.4. The van der Waals surface area contributed by atoms with Gasteiger partial charge in [0.1, 0.15) is 17.1 Å². The van der Waals surface area contributed by atoms with Gasteiger partial charge >= 0.3 is 6.18 Å². The zero-order chi connectivity index (χ0) is 26.5. The minimum atomic E-state index is -4.63. The van der Waals surface area contributed by atoms with E-state index in [-0.39, 0.29) is 28.7 Å². The monoisotopic (exact) mass is 526 g/mol. The van der Waals surface area contributed by atoms with Crippen LogP contribution in [0.4, 0.5) is 23.2 Å². The summed E-state index contributed by atoms with van der Waals surface area (Å²) in [6.07, 6.45) is -1.50. The van der Waals surface area contributed by atoms with E-state index in [0.29, 0.717) is 0 Å². The Morgan fingerprint density at radius 3 is 2.50 bits per heavy atom. The molecule has 0 spiro atoms. The molecular formula is C20H18F4N8O3S. The molecule has 0 bridgehead atoms. The Kier molecular flexibility index (Phi) is 5.94. The molecular weight excluding hydrogens is 508 g/mol. The second kappa shape index (κ2) is 8.54. The van der Waals surface area contributed by atoms with Gasteiger partial charge in [0.2, 0.25) is 16.0 Å². The standard InChI is InChI=1S/C20H18F4N8O3S/c1-19(10-36(34,35)31(2)18(25)29-19)12-7-11(3-4-13(12)21)28-17(33)14-8-27-16(9-26-14)32-6-5-15(30-32)20(22,23)24/h3-9H,10H2,1-2H3,(H2,25,29)(H,28,33)/t19-/m0/s1. The fourth-order valence-corrected chi connectivity index (χ4v) is 4.91. The van der Waals surface area contributed by atoms with Crippen LogP contribution in [0.2, 0.25) is 0 Å². The Hall–Kier alpha value is -4.08. The van der Waals surface area contributed by atoms with Crippen molar-refractivity contribution in [2.45, 2.75) is 18.6 Å². The number of guanidine groups is 1. The number of benzene rings is 1. The third kappa shape index (κ3) is 4.71. The molecule has 2 aromatic heterocycles. The van der Waals surface area contributed by atoms with Crippen LogP contribution in [0.15, 0.2) is 47.8 Å². The van der Waals surface area contributed by atoms with Crippen molar-refractivity contribution in [2.24, 2.45) is 10.7 Å². The number of nitrogens with two attached hydrogens (primary N) is 1. The van der Waals surface area contributed by atoms with Gasteiger partial charge in [-0.05, 0) is 31.2 Å². The molecule has 16 heteroatoms. The zero-order valence-corrected chi connectivity index (χ0v) is 19.5. The molecule has 1 atom stereocenters. The van der Waals surface area contributed by atoms with Gasteiger partial charge in [-0.3, -0.25) is 4.79 Å². The lowest BCUT2D eigenvalue weighted by molar-refractivity contribution is -0.141. The van der Waals surface area contributed by atoms with E-state index in [2.05, 4.69) is 25.4 Å². The molecule has 11 nitrogen and oxygen atoms in total. The number of halogens is 4. The summed E-state index contributed by atoms with van der Waals surface area (Å²) >= 11 is 0. The van der Waals surface area contributed by atoms with Gasteiger partial charge in [-0.25, -0.2) is 36.8 Å². The van der Waals surface area contributed by atoms with Crippen LogP contribution in [0.5, 0.6) is 0 Å². The number of aliphatic imine (C=N–C) groups is 1. The maximum Gasteiger partial charge on any atom is 0.435 e. The topological polar surface area (TPSA) is 148 Å². The van der Waals surface area contributed by atoms with E-state index < -0.39 is 44.9 Å². The van der Waals surface area contributed by atoms with Gasteiger partial charge in [0.25, 0.3) is 5.91 Å². The molecule has 0 unspecified atom stereocenters. The number of alkyl halides is 3. The van der Waals surface area contributed by atoms with Crippen molar-refractivity contribution in [3.63, 3.8) is 0 Å². The Morgan fingerprint density at radius 2 is 1.92 bits per heavy atom. The summed E-state index contributed by atoms with van der Waals surface area (Å²) in [5, 5.41) is 5.86. The van der Waals surface area contributed by atoms with Crippen molar-refractivity contribution in [3.05, 3.63) is 65.6 Å². The van der Waals surface area contributed by atoms with Crippen molar-refractivity contribution >= 4 is 27.6 Å². The Morgan fingerprint density at radius 1 is 1.19 bits per heavy atom. The SMILES string of the molecule is CN1C(N)=N[C@](C)(c2cc(NC(=O)c3cnc(-n4ccc(C(F)(F)F)n4)cn3)ccc2F)CS1(=O)=O. The molecule has 3 N–H and O–H groups in total. The van der Waals surface area contributed by atoms with E-state index in [9.17, 15) is 30.8 Å². The number of anilines is 1. The van der Waals surface area contributed by atoms with Gasteiger partial charge in [0, 0.05) is 24.5 Å². The average molecular weight is 526 g/mol. The quantitative estimate of drug-likeness (QED) is 0.493. The maximum atomic E-state index is 14.7. The molecule has 1 aliphatic heterocycles. The van der Waals surface area contributed by atoms with Gasteiger partial charge in [0.15, 0.2) is 11.5 Å². The van der Waals surface area contributed by atoms with Gasteiger partial charge in [0.05, 0.1) is 18.1 Å². The molecule has 190 valence electrons. The minimum Gasteiger partial charge on any atom is -0.369 e. The molecule has 36 heavy (non-hydrogen) atoms. The number of hydrogen-bond acceptors (Lipinski definition) is 8. The lowest BCUT2D eigenvalue weighted by atomic mass is 9.93. The first-order chi connectivity index (χ1) is 16.7. The van der Waals surface area contributed by atoms with Gasteiger partial charge < -0.3 is 11.1 Å². The molecule has 0 radical (unpaired) electrons. The number of rotatable bonds is 4. The summed E-state index contributed by atoms with van der Waals surface area (Å²) in [4.78, 5) is 24.6. The Bertz CT molecular complexity index is 1470. The van der Waals surface area contributed by atoms with Crippen LogP contribution in [0.3, 0.4) is 0 Å². The molecule has 3 heterocycles. The average Bonchev–Trinajstić information content (AvgIpc) is 3.29. The highest BCUT2D eigenvalue weighted by molar-refractivity contribution is 7.89. The summed E-state index contributed by atoms with van der Waals surface area (Å²) in [7, 11) is -2.63. The first-order valence-corrected chi connectivity index (χ1v) is 11.7. The molecule has 0 saturated carbocycles. The van der Waals surface area contributed by atoms with E-state index in [1.807, 2.05) is 0 Å². The molecule has 1 aliphatic rings.